The first-order valence-electron chi connectivity index (χ1n) is 6.33. The molecule has 1 aromatic heterocycles. The molecular weight excluding hydrogens is 256 g/mol. The summed E-state index contributed by atoms with van der Waals surface area (Å²) >= 11 is 1.85. The van der Waals surface area contributed by atoms with Crippen molar-refractivity contribution in [2.24, 2.45) is 0 Å². The number of para-hydroxylation sites is 1. The lowest BCUT2D eigenvalue weighted by Crippen LogP contribution is -2.32. The summed E-state index contributed by atoms with van der Waals surface area (Å²) in [5.74, 6) is 2.72. The summed E-state index contributed by atoms with van der Waals surface area (Å²) < 4.78 is 0. The molecule has 4 nitrogen and oxygen atoms in total. The van der Waals surface area contributed by atoms with Crippen LogP contribution in [0.15, 0.2) is 24.3 Å². The summed E-state index contributed by atoms with van der Waals surface area (Å²) in [6, 6.07) is 8.56. The lowest BCUT2D eigenvalue weighted by atomic mass is 10.2. The average molecular weight is 276 g/mol. The van der Waals surface area contributed by atoms with Crippen LogP contribution in [0.4, 0.5) is 11.8 Å². The first-order chi connectivity index (χ1) is 9.17. The van der Waals surface area contributed by atoms with Gasteiger partial charge in [-0.05, 0) is 25.3 Å². The first-order valence-corrected chi connectivity index (χ1v) is 7.73. The molecule has 102 valence electrons. The number of nitrogens with one attached hydrogen (secondary N) is 1. The van der Waals surface area contributed by atoms with Crippen LogP contribution in [0, 0.1) is 0 Å². The Morgan fingerprint density at radius 2 is 2.05 bits per heavy atom. The van der Waals surface area contributed by atoms with Crippen molar-refractivity contribution in [1.82, 2.24) is 9.97 Å². The lowest BCUT2D eigenvalue weighted by Gasteiger charge is -2.26. The van der Waals surface area contributed by atoms with Gasteiger partial charge in [-0.3, -0.25) is 0 Å². The molecule has 1 atom stereocenters. The Morgan fingerprint density at radius 3 is 2.74 bits per heavy atom. The fourth-order valence-corrected chi connectivity index (χ4v) is 2.71. The Kier molecular flexibility index (Phi) is 4.47. The zero-order valence-corrected chi connectivity index (χ0v) is 12.7. The Hall–Kier alpha value is -1.49. The highest BCUT2D eigenvalue weighted by atomic mass is 32.2. The molecule has 1 aromatic carbocycles. The van der Waals surface area contributed by atoms with E-state index in [2.05, 4.69) is 46.5 Å². The van der Waals surface area contributed by atoms with Crippen LogP contribution in [0.3, 0.4) is 0 Å². The van der Waals surface area contributed by atoms with E-state index >= 15 is 0 Å². The molecule has 0 amide bonds. The fraction of sp³-hybridized carbons (Fsp3) is 0.429. The van der Waals surface area contributed by atoms with E-state index < -0.39 is 0 Å². The molecule has 0 saturated heterocycles. The number of hydrogen-bond acceptors (Lipinski definition) is 5. The van der Waals surface area contributed by atoms with Gasteiger partial charge in [-0.15, -0.1) is 0 Å². The number of anilines is 2. The van der Waals surface area contributed by atoms with Gasteiger partial charge in [-0.25, -0.2) is 4.98 Å². The number of nitrogens with zero attached hydrogens (tertiary/aromatic N) is 3. The summed E-state index contributed by atoms with van der Waals surface area (Å²) in [4.78, 5) is 11.3. The van der Waals surface area contributed by atoms with Crippen LogP contribution < -0.4 is 10.2 Å². The van der Waals surface area contributed by atoms with Gasteiger partial charge in [0.25, 0.3) is 0 Å². The standard InChI is InChI=1S/C14H20N4S/c1-10(9-19-4)18(3)13-11-7-5-6-8-12(11)16-14(15-2)17-13/h5-8,10H,9H2,1-4H3,(H,15,16,17). The molecule has 0 radical (unpaired) electrons. The number of aromatic nitrogens is 2. The van der Waals surface area contributed by atoms with Crippen LogP contribution in [-0.4, -0.2) is 42.1 Å². The number of fused-ring (bicyclic) bond motifs is 1. The lowest BCUT2D eigenvalue weighted by molar-refractivity contribution is 0.756. The molecule has 0 fully saturated rings. The Morgan fingerprint density at radius 1 is 1.32 bits per heavy atom. The maximum absolute atomic E-state index is 4.62. The van der Waals surface area contributed by atoms with Gasteiger partial charge in [0, 0.05) is 31.3 Å². The maximum atomic E-state index is 4.62. The molecule has 0 bridgehead atoms. The van der Waals surface area contributed by atoms with E-state index in [0.29, 0.717) is 12.0 Å². The first kappa shape index (κ1) is 13.9. The van der Waals surface area contributed by atoms with Crippen molar-refractivity contribution >= 4 is 34.4 Å². The Labute approximate surface area is 118 Å². The molecule has 2 aromatic rings. The van der Waals surface area contributed by atoms with Crippen molar-refractivity contribution < 1.29 is 0 Å². The molecule has 1 heterocycles. The molecule has 0 aliphatic heterocycles. The zero-order valence-electron chi connectivity index (χ0n) is 11.8. The highest BCUT2D eigenvalue weighted by molar-refractivity contribution is 7.98. The summed E-state index contributed by atoms with van der Waals surface area (Å²) in [5.41, 5.74) is 0.972. The third-order valence-electron chi connectivity index (χ3n) is 3.21. The van der Waals surface area contributed by atoms with Gasteiger partial charge in [-0.1, -0.05) is 12.1 Å². The van der Waals surface area contributed by atoms with Crippen molar-refractivity contribution in [3.63, 3.8) is 0 Å². The van der Waals surface area contributed by atoms with Gasteiger partial charge < -0.3 is 10.2 Å². The zero-order chi connectivity index (χ0) is 13.8. The topological polar surface area (TPSA) is 41.1 Å². The van der Waals surface area contributed by atoms with Crippen molar-refractivity contribution in [2.75, 3.05) is 36.3 Å². The minimum absolute atomic E-state index is 0.429. The highest BCUT2D eigenvalue weighted by Gasteiger charge is 2.15. The van der Waals surface area contributed by atoms with Gasteiger partial charge in [0.1, 0.15) is 5.82 Å². The fourth-order valence-electron chi connectivity index (χ4n) is 2.00. The Bertz CT molecular complexity index is 558. The largest absolute Gasteiger partial charge is 0.357 e. The smallest absolute Gasteiger partial charge is 0.224 e. The summed E-state index contributed by atoms with van der Waals surface area (Å²) in [7, 11) is 3.94. The quantitative estimate of drug-likeness (QED) is 0.909. The summed E-state index contributed by atoms with van der Waals surface area (Å²) in [6.45, 7) is 2.21. The average Bonchev–Trinajstić information content (AvgIpc) is 2.45. The second kappa shape index (κ2) is 6.10. The van der Waals surface area contributed by atoms with Crippen LogP contribution in [0.25, 0.3) is 10.9 Å². The minimum atomic E-state index is 0.429. The van der Waals surface area contributed by atoms with E-state index in [-0.39, 0.29) is 0 Å². The van der Waals surface area contributed by atoms with Crippen LogP contribution in [0.2, 0.25) is 0 Å². The predicted molar refractivity (Wildman–Crippen MR) is 85.3 cm³/mol. The maximum Gasteiger partial charge on any atom is 0.224 e. The number of hydrogen-bond donors (Lipinski definition) is 1. The van der Waals surface area contributed by atoms with Crippen molar-refractivity contribution in [3.8, 4) is 0 Å². The van der Waals surface area contributed by atoms with Crippen LogP contribution in [0.1, 0.15) is 6.92 Å². The molecule has 1 unspecified atom stereocenters. The van der Waals surface area contributed by atoms with Gasteiger partial charge in [-0.2, -0.15) is 16.7 Å². The summed E-state index contributed by atoms with van der Waals surface area (Å²) in [6.07, 6.45) is 2.13. The molecule has 0 aliphatic rings. The number of rotatable bonds is 5. The van der Waals surface area contributed by atoms with Gasteiger partial charge in [0.15, 0.2) is 0 Å². The van der Waals surface area contributed by atoms with E-state index in [1.54, 1.807) is 0 Å². The second-order valence-electron chi connectivity index (χ2n) is 4.55. The van der Waals surface area contributed by atoms with E-state index in [9.17, 15) is 0 Å². The van der Waals surface area contributed by atoms with Gasteiger partial charge in [0.2, 0.25) is 5.95 Å². The molecule has 0 saturated carbocycles. The number of thioether (sulfide) groups is 1. The van der Waals surface area contributed by atoms with E-state index in [0.717, 1.165) is 22.5 Å². The normalized spacial score (nSPS) is 12.4. The van der Waals surface area contributed by atoms with E-state index in [1.165, 1.54) is 0 Å². The summed E-state index contributed by atoms with van der Waals surface area (Å²) in [5, 5.41) is 4.13. The molecule has 19 heavy (non-hydrogen) atoms. The number of benzene rings is 1. The monoisotopic (exact) mass is 276 g/mol. The Balaban J connectivity index is 2.51. The molecule has 2 rings (SSSR count). The van der Waals surface area contributed by atoms with E-state index in [1.807, 2.05) is 37.0 Å². The van der Waals surface area contributed by atoms with Gasteiger partial charge >= 0.3 is 0 Å². The van der Waals surface area contributed by atoms with Crippen molar-refractivity contribution in [3.05, 3.63) is 24.3 Å². The molecule has 0 spiro atoms. The molecule has 0 aliphatic carbocycles. The van der Waals surface area contributed by atoms with Gasteiger partial charge in [0.05, 0.1) is 5.52 Å². The third kappa shape index (κ3) is 2.92. The third-order valence-corrected chi connectivity index (χ3v) is 4.03. The second-order valence-corrected chi connectivity index (χ2v) is 5.46. The van der Waals surface area contributed by atoms with Crippen molar-refractivity contribution in [2.45, 2.75) is 13.0 Å². The SMILES string of the molecule is CNc1nc(N(C)C(C)CSC)c2ccccc2n1. The predicted octanol–water partition coefficient (Wildman–Crippen LogP) is 2.86. The van der Waals surface area contributed by atoms with Crippen LogP contribution in [0.5, 0.6) is 0 Å². The molecule has 1 N–H and O–H groups in total. The van der Waals surface area contributed by atoms with Crippen molar-refractivity contribution in [1.29, 1.82) is 0 Å². The van der Waals surface area contributed by atoms with Crippen LogP contribution >= 0.6 is 11.8 Å². The van der Waals surface area contributed by atoms with E-state index in [4.69, 9.17) is 0 Å². The minimum Gasteiger partial charge on any atom is -0.357 e. The molecular formula is C14H20N4S. The highest BCUT2D eigenvalue weighted by Crippen LogP contribution is 2.26. The molecule has 5 heteroatoms. The van der Waals surface area contributed by atoms with Crippen LogP contribution in [-0.2, 0) is 0 Å².